The molecule has 5 heterocycles. The molecule has 0 fully saturated rings. The maximum absolute atomic E-state index is 13.6. The molecular weight excluding hydrogens is 667 g/mol. The molecule has 1 atom stereocenters. The van der Waals surface area contributed by atoms with Gasteiger partial charge in [0.25, 0.3) is 0 Å². The minimum absolute atomic E-state index is 0.0188. The summed E-state index contributed by atoms with van der Waals surface area (Å²) in [6.07, 6.45) is 11.4. The molecule has 3 aromatic heterocycles. The van der Waals surface area contributed by atoms with E-state index in [1.165, 1.54) is 20.6 Å². The minimum Gasteiger partial charge on any atom is -0.469 e. The van der Waals surface area contributed by atoms with Gasteiger partial charge in [0.2, 0.25) is 5.91 Å². The van der Waals surface area contributed by atoms with E-state index in [9.17, 15) is 14.4 Å². The first-order valence-corrected chi connectivity index (χ1v) is 18.8. The topological polar surface area (TPSA) is 130 Å². The van der Waals surface area contributed by atoms with Gasteiger partial charge >= 0.3 is 11.9 Å². The van der Waals surface area contributed by atoms with Gasteiger partial charge in [0.1, 0.15) is 0 Å². The zero-order valence-corrected chi connectivity index (χ0v) is 32.9. The molecule has 1 amide bonds. The Kier molecular flexibility index (Phi) is 12.4. The summed E-state index contributed by atoms with van der Waals surface area (Å²) in [7, 11) is 6.39. The highest BCUT2D eigenvalue weighted by atomic mass is 16.5. The van der Waals surface area contributed by atoms with Crippen LogP contribution >= 0.6 is 0 Å². The lowest BCUT2D eigenvalue weighted by atomic mass is 9.76. The molecule has 10 nitrogen and oxygen atoms in total. The van der Waals surface area contributed by atoms with E-state index < -0.39 is 5.41 Å². The number of aryl methyl sites for hydroxylation is 4. The van der Waals surface area contributed by atoms with E-state index in [0.717, 1.165) is 104 Å². The predicted molar refractivity (Wildman–Crippen MR) is 212 cm³/mol. The fourth-order valence-corrected chi connectivity index (χ4v) is 7.36. The number of amides is 1. The smallest absolute Gasteiger partial charge is 0.305 e. The lowest BCUT2D eigenvalue weighted by molar-refractivity contribution is -0.141. The Morgan fingerprint density at radius 3 is 1.96 bits per heavy atom. The molecule has 0 aromatic carbocycles. The van der Waals surface area contributed by atoms with Crippen LogP contribution in [0, 0.1) is 13.8 Å². The van der Waals surface area contributed by atoms with Crippen molar-refractivity contribution < 1.29 is 23.9 Å². The molecule has 0 spiro atoms. The van der Waals surface area contributed by atoms with E-state index in [4.69, 9.17) is 19.4 Å². The molecule has 5 rings (SSSR count). The molecular formula is C43H55N5O5. The zero-order valence-electron chi connectivity index (χ0n) is 32.9. The van der Waals surface area contributed by atoms with E-state index in [1.807, 2.05) is 6.07 Å². The van der Waals surface area contributed by atoms with Crippen LogP contribution in [0.2, 0.25) is 0 Å². The van der Waals surface area contributed by atoms with Crippen LogP contribution < -0.4 is 0 Å². The van der Waals surface area contributed by atoms with E-state index in [-0.39, 0.29) is 37.1 Å². The van der Waals surface area contributed by atoms with Crippen molar-refractivity contribution in [1.82, 2.24) is 24.8 Å². The fraction of sp³-hybridized carbons (Fsp3) is 0.465. The summed E-state index contributed by atoms with van der Waals surface area (Å²) in [6.45, 7) is 10.5. The van der Waals surface area contributed by atoms with Crippen molar-refractivity contribution in [2.75, 3.05) is 28.3 Å². The van der Waals surface area contributed by atoms with Crippen LogP contribution in [0.3, 0.4) is 0 Å². The van der Waals surface area contributed by atoms with Gasteiger partial charge in [0.15, 0.2) is 0 Å². The number of methoxy groups -OCH3 is 2. The summed E-state index contributed by atoms with van der Waals surface area (Å²) in [5.41, 5.74) is 12.0. The number of esters is 2. The molecule has 0 aliphatic carbocycles. The molecule has 0 unspecified atom stereocenters. The second kappa shape index (κ2) is 16.8. The number of ether oxygens (including phenoxy) is 2. The third-order valence-electron chi connectivity index (χ3n) is 10.8. The number of nitrogens with one attached hydrogen (secondary N) is 2. The van der Waals surface area contributed by atoms with Crippen molar-refractivity contribution in [3.63, 3.8) is 0 Å². The summed E-state index contributed by atoms with van der Waals surface area (Å²) >= 11 is 0. The molecule has 0 radical (unpaired) electrons. The number of carbonyl (C=O) groups excluding carboxylic acids is 3. The number of hydrogen-bond acceptors (Lipinski definition) is 7. The van der Waals surface area contributed by atoms with Crippen LogP contribution in [0.15, 0.2) is 30.3 Å². The Hall–Kier alpha value is -4.99. The number of hydrogen-bond donors (Lipinski definition) is 2. The molecule has 2 N–H and O–H groups in total. The van der Waals surface area contributed by atoms with E-state index >= 15 is 0 Å². The molecule has 3 aromatic rings. The van der Waals surface area contributed by atoms with E-state index in [2.05, 4.69) is 74.9 Å². The van der Waals surface area contributed by atoms with Crippen LogP contribution in [0.5, 0.6) is 0 Å². The van der Waals surface area contributed by atoms with Crippen molar-refractivity contribution in [2.45, 2.75) is 104 Å². The van der Waals surface area contributed by atoms with Crippen molar-refractivity contribution in [3.05, 3.63) is 75.4 Å². The lowest BCUT2D eigenvalue weighted by Crippen LogP contribution is -2.31. The van der Waals surface area contributed by atoms with Gasteiger partial charge in [0.05, 0.1) is 37.0 Å². The number of aromatic nitrogens is 4. The second-order valence-electron chi connectivity index (χ2n) is 14.7. The van der Waals surface area contributed by atoms with Crippen molar-refractivity contribution in [2.24, 2.45) is 0 Å². The predicted octanol–water partition coefficient (Wildman–Crippen LogP) is 8.49. The average molecular weight is 722 g/mol. The number of nitrogens with zero attached hydrogens (tertiary/aromatic N) is 3. The van der Waals surface area contributed by atoms with Gasteiger partial charge in [0, 0.05) is 60.8 Å². The van der Waals surface area contributed by atoms with Crippen LogP contribution in [0.25, 0.3) is 39.3 Å². The third-order valence-corrected chi connectivity index (χ3v) is 10.8. The van der Waals surface area contributed by atoms with Gasteiger partial charge in [-0.1, -0.05) is 32.3 Å². The van der Waals surface area contributed by atoms with Gasteiger partial charge in [-0.15, -0.1) is 0 Å². The number of fused-ring (bicyclic) bond motifs is 8. The number of unbranched alkanes of at least 4 members (excludes halogenated alkanes) is 4. The van der Waals surface area contributed by atoms with Crippen LogP contribution in [0.1, 0.15) is 117 Å². The van der Waals surface area contributed by atoms with Crippen molar-refractivity contribution in [3.8, 4) is 0 Å². The average Bonchev–Trinajstić information content (AvgIpc) is 3.79. The summed E-state index contributed by atoms with van der Waals surface area (Å²) in [5, 5.41) is 0. The molecule has 2 aliphatic heterocycles. The summed E-state index contributed by atoms with van der Waals surface area (Å²) in [4.78, 5) is 57.5. The number of rotatable bonds is 13. The van der Waals surface area contributed by atoms with Gasteiger partial charge in [-0.3, -0.25) is 19.4 Å². The van der Waals surface area contributed by atoms with E-state index in [0.29, 0.717) is 12.8 Å². The largest absolute Gasteiger partial charge is 0.469 e. The molecule has 8 bridgehead atoms. The number of H-pyrrole nitrogens is 2. The van der Waals surface area contributed by atoms with Gasteiger partial charge in [-0.05, 0) is 117 Å². The van der Waals surface area contributed by atoms with Crippen molar-refractivity contribution in [1.29, 1.82) is 0 Å². The maximum Gasteiger partial charge on any atom is 0.305 e. The SMILES string of the molecule is CCCCCC/C=C1\c2cc3nc(cc4[nH]c(cc5[nH]c(cc(n2)[C@@]1(C)CC(=O)N(C)C)c(C)c5CCC(=O)OC)c(CCC(=O)OC)c4C)C=C3C. The lowest BCUT2D eigenvalue weighted by Gasteiger charge is -2.27. The monoisotopic (exact) mass is 721 g/mol. The second-order valence-corrected chi connectivity index (χ2v) is 14.7. The first kappa shape index (κ1) is 39.2. The number of carbonyl (C=O) groups is 3. The first-order chi connectivity index (χ1) is 25.3. The maximum atomic E-state index is 13.6. The Labute approximate surface area is 313 Å². The molecule has 2 aliphatic rings. The highest BCUT2D eigenvalue weighted by molar-refractivity contribution is 5.89. The summed E-state index contributed by atoms with van der Waals surface area (Å²) < 4.78 is 10.0. The number of aromatic amines is 2. The summed E-state index contributed by atoms with van der Waals surface area (Å²) in [5.74, 6) is -0.550. The van der Waals surface area contributed by atoms with Crippen LogP contribution in [-0.2, 0) is 42.1 Å². The quantitative estimate of drug-likeness (QED) is 0.134. The summed E-state index contributed by atoms with van der Waals surface area (Å²) in [6, 6.07) is 8.24. The molecule has 282 valence electrons. The minimum atomic E-state index is -0.707. The Morgan fingerprint density at radius 2 is 1.40 bits per heavy atom. The Balaban J connectivity index is 1.87. The zero-order chi connectivity index (χ0) is 38.4. The highest BCUT2D eigenvalue weighted by Gasteiger charge is 2.41. The number of allylic oxidation sites excluding steroid dienone is 3. The van der Waals surface area contributed by atoms with Crippen LogP contribution in [0.4, 0.5) is 0 Å². The Bertz CT molecular complexity index is 2120. The van der Waals surface area contributed by atoms with Crippen molar-refractivity contribution >= 4 is 57.1 Å². The highest BCUT2D eigenvalue weighted by Crippen LogP contribution is 2.45. The third kappa shape index (κ3) is 8.64. The molecule has 0 saturated carbocycles. The normalized spacial score (nSPS) is 16.1. The van der Waals surface area contributed by atoms with Gasteiger partial charge in [-0.25, -0.2) is 4.98 Å². The van der Waals surface area contributed by atoms with Gasteiger partial charge < -0.3 is 24.3 Å². The first-order valence-electron chi connectivity index (χ1n) is 18.8. The standard InChI is InChI=1S/C43H55N5O5/c1-10-11-12-13-14-15-32-38-22-33-26(2)20-29(44-33)21-34-27(3)30(16-18-41(50)52-8)36(45-34)23-37-31(17-19-42(51)53-9)28(4)35(46-37)24-39(47-38)43(32,5)25-40(49)48(6)7/h15,20-24,45-46H,10-14,16-19,25H2,1-9H3/b29-21?,32-15+,33-22?,34-21?,35-24?,36-23?,37-23?,38-22?,39-24?/t43-/m0/s1. The molecule has 53 heavy (non-hydrogen) atoms. The molecule has 10 heteroatoms. The van der Waals surface area contributed by atoms with Crippen LogP contribution in [-0.4, -0.2) is 71.0 Å². The fourth-order valence-electron chi connectivity index (χ4n) is 7.36. The van der Waals surface area contributed by atoms with E-state index in [1.54, 1.807) is 19.0 Å². The van der Waals surface area contributed by atoms with Gasteiger partial charge in [-0.2, -0.15) is 0 Å². The molecule has 0 saturated heterocycles. The Morgan fingerprint density at radius 1 is 0.792 bits per heavy atom.